The molecule has 1 aliphatic rings. The number of anilines is 2. The zero-order valence-electron chi connectivity index (χ0n) is 22.9. The molecule has 0 aliphatic carbocycles. The predicted molar refractivity (Wildman–Crippen MR) is 157 cm³/mol. The maximum atomic E-state index is 15.3. The van der Waals surface area contributed by atoms with Gasteiger partial charge in [-0.3, -0.25) is 14.2 Å². The predicted octanol–water partition coefficient (Wildman–Crippen LogP) is 4.76. The number of methoxy groups -OCH3 is 1. The number of benzene rings is 1. The number of carbonyl (C=O) groups excluding carboxylic acids is 3. The maximum absolute atomic E-state index is 15.3. The first-order valence-electron chi connectivity index (χ1n) is 12.9. The Labute approximate surface area is 254 Å². The van der Waals surface area contributed by atoms with Crippen LogP contribution in [0.4, 0.5) is 20.7 Å². The number of rotatable bonds is 8. The van der Waals surface area contributed by atoms with Crippen LogP contribution in [0.2, 0.25) is 0 Å². The van der Waals surface area contributed by atoms with Crippen LogP contribution >= 0.6 is 27.7 Å². The van der Waals surface area contributed by atoms with E-state index < -0.39 is 41.4 Å². The molecule has 0 saturated carbocycles. The van der Waals surface area contributed by atoms with E-state index in [0.717, 1.165) is 15.1 Å². The molecule has 1 saturated heterocycles. The fraction of sp³-hybridized carbons (Fsp3) is 0.321. The third kappa shape index (κ3) is 6.97. The Bertz CT molecular complexity index is 1540. The molecule has 0 spiro atoms. The number of urea groups is 1. The molecule has 1 aromatic carbocycles. The van der Waals surface area contributed by atoms with E-state index in [1.807, 2.05) is 13.8 Å². The summed E-state index contributed by atoms with van der Waals surface area (Å²) in [5.74, 6) is -2.05. The van der Waals surface area contributed by atoms with Crippen molar-refractivity contribution >= 4 is 57.1 Å². The normalized spacial score (nSPS) is 16.4. The number of esters is 1. The largest absolute Gasteiger partial charge is 0.462 e. The van der Waals surface area contributed by atoms with Gasteiger partial charge in [0.25, 0.3) is 5.56 Å². The van der Waals surface area contributed by atoms with Crippen LogP contribution in [0.1, 0.15) is 30.6 Å². The Morgan fingerprint density at radius 1 is 1.24 bits per heavy atom. The van der Waals surface area contributed by atoms with Gasteiger partial charge >= 0.3 is 12.0 Å². The van der Waals surface area contributed by atoms with Gasteiger partial charge in [0.1, 0.15) is 17.4 Å². The van der Waals surface area contributed by atoms with Crippen molar-refractivity contribution in [3.8, 4) is 5.69 Å². The van der Waals surface area contributed by atoms with Crippen molar-refractivity contribution in [3.63, 3.8) is 0 Å². The highest BCUT2D eigenvalue weighted by Crippen LogP contribution is 2.27. The number of pyridine rings is 2. The third-order valence-corrected chi connectivity index (χ3v) is 7.15. The highest BCUT2D eigenvalue weighted by Gasteiger charge is 2.42. The second-order valence-electron chi connectivity index (χ2n) is 9.91. The Hall–Kier alpha value is -3.81. The van der Waals surface area contributed by atoms with Crippen LogP contribution in [0.5, 0.6) is 0 Å². The maximum Gasteiger partial charge on any atom is 0.343 e. The van der Waals surface area contributed by atoms with E-state index in [1.54, 1.807) is 12.1 Å². The fourth-order valence-electron chi connectivity index (χ4n) is 4.29. The SMILES string of the molecule is COC1CC(C(=O)Nc2ccc(-n3cc(Br)cc(C(=O)OCC(C)C)c3=O)cc2F)N(C(=O)N(Cl)c2ccccn2)C1. The van der Waals surface area contributed by atoms with Crippen LogP contribution < -0.4 is 15.3 Å². The second-order valence-corrected chi connectivity index (χ2v) is 11.2. The molecule has 1 fully saturated rings. The smallest absolute Gasteiger partial charge is 0.343 e. The van der Waals surface area contributed by atoms with Crippen molar-refractivity contribution < 1.29 is 28.2 Å². The van der Waals surface area contributed by atoms with Crippen molar-refractivity contribution in [1.29, 1.82) is 0 Å². The summed E-state index contributed by atoms with van der Waals surface area (Å²) in [6, 6.07) is 8.23. The van der Waals surface area contributed by atoms with Crippen LogP contribution in [-0.2, 0) is 14.3 Å². The molecule has 14 heteroatoms. The van der Waals surface area contributed by atoms with Gasteiger partial charge in [-0.25, -0.2) is 19.0 Å². The average Bonchev–Trinajstić information content (AvgIpc) is 3.42. The minimum Gasteiger partial charge on any atom is -0.462 e. The monoisotopic (exact) mass is 663 g/mol. The molecule has 1 N–H and O–H groups in total. The van der Waals surface area contributed by atoms with Crippen molar-refractivity contribution in [2.24, 2.45) is 5.92 Å². The van der Waals surface area contributed by atoms with Crippen LogP contribution in [-0.4, -0.2) is 64.8 Å². The molecule has 222 valence electrons. The Morgan fingerprint density at radius 2 is 2.00 bits per heavy atom. The van der Waals surface area contributed by atoms with E-state index in [2.05, 4.69) is 26.2 Å². The summed E-state index contributed by atoms with van der Waals surface area (Å²) >= 11 is 9.50. The molecule has 0 radical (unpaired) electrons. The third-order valence-electron chi connectivity index (χ3n) is 6.40. The van der Waals surface area contributed by atoms with E-state index >= 15 is 4.39 Å². The quantitative estimate of drug-likeness (QED) is 0.272. The number of nitrogens with one attached hydrogen (secondary N) is 1. The van der Waals surface area contributed by atoms with E-state index in [9.17, 15) is 19.2 Å². The summed E-state index contributed by atoms with van der Waals surface area (Å²) in [6.07, 6.45) is 2.57. The molecule has 3 heterocycles. The number of ether oxygens (including phenoxy) is 2. The summed E-state index contributed by atoms with van der Waals surface area (Å²) in [5.41, 5.74) is -0.989. The van der Waals surface area contributed by atoms with Gasteiger partial charge in [-0.05, 0) is 52.2 Å². The number of likely N-dealkylation sites (tertiary alicyclic amines) is 1. The Kier molecular flexibility index (Phi) is 9.97. The van der Waals surface area contributed by atoms with Crippen LogP contribution in [0.25, 0.3) is 5.69 Å². The van der Waals surface area contributed by atoms with E-state index in [0.29, 0.717) is 4.47 Å². The van der Waals surface area contributed by atoms with Gasteiger partial charge in [0.2, 0.25) is 5.91 Å². The lowest BCUT2D eigenvalue weighted by atomic mass is 10.1. The summed E-state index contributed by atoms with van der Waals surface area (Å²) in [7, 11) is 1.46. The van der Waals surface area contributed by atoms with Crippen molar-refractivity contribution in [2.75, 3.05) is 30.0 Å². The first-order chi connectivity index (χ1) is 20.0. The second kappa shape index (κ2) is 13.4. The summed E-state index contributed by atoms with van der Waals surface area (Å²) < 4.78 is 28.1. The average molecular weight is 665 g/mol. The van der Waals surface area contributed by atoms with Gasteiger partial charge in [-0.2, -0.15) is 4.42 Å². The summed E-state index contributed by atoms with van der Waals surface area (Å²) in [5, 5.41) is 2.51. The summed E-state index contributed by atoms with van der Waals surface area (Å²) in [4.78, 5) is 57.2. The molecule has 11 nitrogen and oxygen atoms in total. The molecule has 3 aromatic rings. The van der Waals surface area contributed by atoms with Gasteiger partial charge in [0.15, 0.2) is 5.82 Å². The van der Waals surface area contributed by atoms with Gasteiger partial charge in [0.05, 0.1) is 24.1 Å². The molecular weight excluding hydrogens is 637 g/mol. The molecule has 1 aliphatic heterocycles. The van der Waals surface area contributed by atoms with E-state index in [4.69, 9.17) is 21.3 Å². The molecule has 42 heavy (non-hydrogen) atoms. The molecule has 3 amide bonds. The van der Waals surface area contributed by atoms with E-state index in [1.165, 1.54) is 48.7 Å². The topological polar surface area (TPSA) is 123 Å². The van der Waals surface area contributed by atoms with Crippen molar-refractivity contribution in [1.82, 2.24) is 14.5 Å². The zero-order valence-corrected chi connectivity index (χ0v) is 25.3. The molecule has 0 bridgehead atoms. The number of aromatic nitrogens is 2. The van der Waals surface area contributed by atoms with E-state index in [-0.39, 0.29) is 48.2 Å². The number of carbonyl (C=O) groups is 3. The highest BCUT2D eigenvalue weighted by atomic mass is 79.9. The Balaban J connectivity index is 1.55. The van der Waals surface area contributed by atoms with Crippen LogP contribution in [0.3, 0.4) is 0 Å². The van der Waals surface area contributed by atoms with Crippen molar-refractivity contribution in [2.45, 2.75) is 32.4 Å². The van der Waals surface area contributed by atoms with Gasteiger partial charge in [0, 0.05) is 54.8 Å². The lowest BCUT2D eigenvalue weighted by molar-refractivity contribution is -0.119. The first kappa shape index (κ1) is 31.1. The van der Waals surface area contributed by atoms with Gasteiger partial charge < -0.3 is 19.7 Å². The molecule has 2 atom stereocenters. The molecule has 2 unspecified atom stereocenters. The van der Waals surface area contributed by atoms with Crippen molar-refractivity contribution in [3.05, 3.63) is 81.1 Å². The summed E-state index contributed by atoms with van der Waals surface area (Å²) in [6.45, 7) is 3.94. The number of hydrogen-bond donors (Lipinski definition) is 1. The standard InChI is InChI=1S/C28H28BrClFN5O6/c1-16(2)15-42-27(39)20-10-17(29)13-34(26(20)38)18-7-8-22(21(31)11-18)33-25(37)23-12-19(41-3)14-35(23)28(40)36(30)24-6-4-5-9-32-24/h4-11,13,16,19,23H,12,14-15H2,1-3H3,(H,33,37). The zero-order chi connectivity index (χ0) is 30.6. The molecule has 4 rings (SSSR count). The van der Waals surface area contributed by atoms with Crippen LogP contribution in [0, 0.1) is 11.7 Å². The number of hydrogen-bond acceptors (Lipinski definition) is 7. The minimum atomic E-state index is -1.02. The number of halogens is 3. The highest BCUT2D eigenvalue weighted by molar-refractivity contribution is 9.10. The lowest BCUT2D eigenvalue weighted by Crippen LogP contribution is -2.47. The number of nitrogens with zero attached hydrogens (tertiary/aromatic N) is 4. The van der Waals surface area contributed by atoms with Crippen LogP contribution in [0.15, 0.2) is 64.1 Å². The lowest BCUT2D eigenvalue weighted by Gasteiger charge is -2.26. The van der Waals surface area contributed by atoms with Gasteiger partial charge in [-0.15, -0.1) is 0 Å². The minimum absolute atomic E-state index is 0.0738. The fourth-order valence-corrected chi connectivity index (χ4v) is 4.92. The molecule has 2 aromatic heterocycles. The van der Waals surface area contributed by atoms with Gasteiger partial charge in [-0.1, -0.05) is 19.9 Å². The number of amides is 3. The molecular formula is C28H28BrClFN5O6. The first-order valence-corrected chi connectivity index (χ1v) is 14.0. The Morgan fingerprint density at radius 3 is 2.64 bits per heavy atom.